The number of rotatable bonds is 2. The van der Waals surface area contributed by atoms with Crippen molar-refractivity contribution in [2.75, 3.05) is 0 Å². The molecule has 0 unspecified atom stereocenters. The number of fused-ring (bicyclic) bond motifs is 3. The van der Waals surface area contributed by atoms with Gasteiger partial charge in [-0.1, -0.05) is 43.7 Å². The van der Waals surface area contributed by atoms with E-state index in [0.29, 0.717) is 0 Å². The van der Waals surface area contributed by atoms with Gasteiger partial charge < -0.3 is 0 Å². The van der Waals surface area contributed by atoms with E-state index in [1.807, 2.05) is 6.92 Å². The number of hydrogen-bond donors (Lipinski definition) is 0. The molecular weight excluding hydrogens is 330 g/mol. The van der Waals surface area contributed by atoms with Crippen LogP contribution in [0.2, 0.25) is 0 Å². The van der Waals surface area contributed by atoms with Crippen LogP contribution in [-0.4, -0.2) is 15.0 Å². The summed E-state index contributed by atoms with van der Waals surface area (Å²) in [4.78, 5) is 14.7. The molecule has 136 valence electrons. The average molecular weight is 355 g/mol. The first-order chi connectivity index (χ1) is 12.8. The lowest BCUT2D eigenvalue weighted by Gasteiger charge is -2.15. The van der Waals surface area contributed by atoms with Crippen LogP contribution in [-0.2, 0) is 0 Å². The van der Waals surface area contributed by atoms with Gasteiger partial charge >= 0.3 is 0 Å². The second-order valence-electron chi connectivity index (χ2n) is 7.81. The Hall–Kier alpha value is -2.81. The molecule has 27 heavy (non-hydrogen) atoms. The minimum atomic E-state index is 0.257. The van der Waals surface area contributed by atoms with E-state index in [0.717, 1.165) is 39.2 Å². The van der Waals surface area contributed by atoms with Crippen molar-refractivity contribution in [2.24, 2.45) is 0 Å². The molecule has 3 heteroatoms. The molecule has 0 amide bonds. The van der Waals surface area contributed by atoms with E-state index in [2.05, 4.69) is 71.0 Å². The second-order valence-corrected chi connectivity index (χ2v) is 7.81. The first-order valence-corrected chi connectivity index (χ1v) is 9.51. The van der Waals surface area contributed by atoms with Crippen molar-refractivity contribution >= 4 is 21.7 Å². The van der Waals surface area contributed by atoms with Gasteiger partial charge in [-0.15, -0.1) is 0 Å². The molecular formula is C24H25N3. The van der Waals surface area contributed by atoms with E-state index in [4.69, 9.17) is 15.0 Å². The van der Waals surface area contributed by atoms with Gasteiger partial charge in [0.15, 0.2) is 0 Å². The molecule has 3 nitrogen and oxygen atoms in total. The van der Waals surface area contributed by atoms with Crippen molar-refractivity contribution in [1.82, 2.24) is 15.0 Å². The highest BCUT2D eigenvalue weighted by molar-refractivity contribution is 6.10. The Labute approximate surface area is 160 Å². The molecule has 0 fully saturated rings. The van der Waals surface area contributed by atoms with Crippen LogP contribution in [0.1, 0.15) is 48.1 Å². The molecule has 0 aliphatic heterocycles. The van der Waals surface area contributed by atoms with Gasteiger partial charge in [-0.25, -0.2) is 9.97 Å². The highest BCUT2D eigenvalue weighted by atomic mass is 14.9. The minimum absolute atomic E-state index is 0.257. The van der Waals surface area contributed by atoms with Gasteiger partial charge in [0.25, 0.3) is 0 Å². The summed E-state index contributed by atoms with van der Waals surface area (Å²) in [5, 5.41) is 3.41. The van der Waals surface area contributed by atoms with E-state index in [9.17, 15) is 0 Å². The first kappa shape index (κ1) is 17.6. The summed E-state index contributed by atoms with van der Waals surface area (Å²) in [5.74, 6) is 1.14. The maximum absolute atomic E-state index is 4.98. The topological polar surface area (TPSA) is 38.7 Å². The standard InChI is InChI=1S/C24H25N3/c1-13(2)24-26-22(19-9-7-14(3)11-15(19)4)20-10-8-18-12-16(5)25-17(6)21(18)23(20)27-24/h7-13H,1-6H3. The van der Waals surface area contributed by atoms with E-state index in [1.165, 1.54) is 22.1 Å². The Morgan fingerprint density at radius 1 is 0.815 bits per heavy atom. The second kappa shape index (κ2) is 6.41. The van der Waals surface area contributed by atoms with Crippen LogP contribution in [0.15, 0.2) is 36.4 Å². The maximum Gasteiger partial charge on any atom is 0.132 e. The zero-order valence-electron chi connectivity index (χ0n) is 16.9. The minimum Gasteiger partial charge on any atom is -0.258 e. The molecule has 0 spiro atoms. The SMILES string of the molecule is Cc1ccc(-c2nc(C(C)C)nc3c2ccc2cc(C)nc(C)c23)c(C)c1. The lowest BCUT2D eigenvalue weighted by Crippen LogP contribution is -2.03. The Morgan fingerprint density at radius 3 is 2.30 bits per heavy atom. The number of aromatic nitrogens is 3. The number of benzene rings is 2. The van der Waals surface area contributed by atoms with Crippen molar-refractivity contribution in [1.29, 1.82) is 0 Å². The van der Waals surface area contributed by atoms with Crippen LogP contribution < -0.4 is 0 Å². The van der Waals surface area contributed by atoms with Crippen LogP contribution in [0.5, 0.6) is 0 Å². The maximum atomic E-state index is 4.98. The van der Waals surface area contributed by atoms with Crippen LogP contribution in [0, 0.1) is 27.7 Å². The summed E-state index contributed by atoms with van der Waals surface area (Å²) in [7, 11) is 0. The third-order valence-corrected chi connectivity index (χ3v) is 5.14. The summed E-state index contributed by atoms with van der Waals surface area (Å²) in [6.45, 7) is 12.7. The number of hydrogen-bond acceptors (Lipinski definition) is 3. The number of nitrogens with zero attached hydrogens (tertiary/aromatic N) is 3. The molecule has 2 heterocycles. The lowest BCUT2D eigenvalue weighted by molar-refractivity contribution is 0.785. The van der Waals surface area contributed by atoms with Crippen LogP contribution in [0.25, 0.3) is 32.9 Å². The Balaban J connectivity index is 2.17. The fourth-order valence-corrected chi connectivity index (χ4v) is 3.85. The van der Waals surface area contributed by atoms with Crippen LogP contribution in [0.3, 0.4) is 0 Å². The van der Waals surface area contributed by atoms with Crippen molar-refractivity contribution in [3.63, 3.8) is 0 Å². The molecule has 0 saturated carbocycles. The molecule has 4 rings (SSSR count). The zero-order valence-corrected chi connectivity index (χ0v) is 16.9. The molecule has 0 aliphatic carbocycles. The van der Waals surface area contributed by atoms with Crippen LogP contribution in [0.4, 0.5) is 0 Å². The lowest BCUT2D eigenvalue weighted by atomic mass is 9.97. The van der Waals surface area contributed by atoms with E-state index < -0.39 is 0 Å². The average Bonchev–Trinajstić information content (AvgIpc) is 2.60. The Morgan fingerprint density at radius 2 is 1.59 bits per heavy atom. The monoisotopic (exact) mass is 355 g/mol. The van der Waals surface area contributed by atoms with Crippen LogP contribution >= 0.6 is 0 Å². The Kier molecular flexibility index (Phi) is 4.18. The third-order valence-electron chi connectivity index (χ3n) is 5.14. The molecule has 2 aromatic carbocycles. The van der Waals surface area contributed by atoms with Gasteiger partial charge in [0.05, 0.1) is 11.2 Å². The van der Waals surface area contributed by atoms with Gasteiger partial charge in [0.2, 0.25) is 0 Å². The Bertz CT molecular complexity index is 1190. The van der Waals surface area contributed by atoms with Gasteiger partial charge in [-0.2, -0.15) is 0 Å². The largest absolute Gasteiger partial charge is 0.258 e. The highest BCUT2D eigenvalue weighted by Crippen LogP contribution is 2.34. The zero-order chi connectivity index (χ0) is 19.3. The highest BCUT2D eigenvalue weighted by Gasteiger charge is 2.17. The summed E-state index contributed by atoms with van der Waals surface area (Å²) >= 11 is 0. The molecule has 4 aromatic rings. The summed E-state index contributed by atoms with van der Waals surface area (Å²) in [5.41, 5.74) is 7.76. The number of aryl methyl sites for hydroxylation is 4. The van der Waals surface area contributed by atoms with Crippen molar-refractivity contribution in [2.45, 2.75) is 47.5 Å². The van der Waals surface area contributed by atoms with E-state index in [1.54, 1.807) is 0 Å². The molecule has 0 aliphatic rings. The molecule has 0 radical (unpaired) electrons. The smallest absolute Gasteiger partial charge is 0.132 e. The van der Waals surface area contributed by atoms with Gasteiger partial charge in [-0.05, 0) is 50.8 Å². The third kappa shape index (κ3) is 2.97. The number of pyridine rings is 1. The van der Waals surface area contributed by atoms with Gasteiger partial charge in [0.1, 0.15) is 5.82 Å². The first-order valence-electron chi connectivity index (χ1n) is 9.51. The van der Waals surface area contributed by atoms with Gasteiger partial charge in [0, 0.05) is 33.6 Å². The molecule has 0 saturated heterocycles. The summed E-state index contributed by atoms with van der Waals surface area (Å²) < 4.78 is 0. The summed E-state index contributed by atoms with van der Waals surface area (Å²) in [6.07, 6.45) is 0. The van der Waals surface area contributed by atoms with Crippen molar-refractivity contribution in [3.05, 3.63) is 64.7 Å². The fraction of sp³-hybridized carbons (Fsp3) is 0.292. The predicted molar refractivity (Wildman–Crippen MR) is 113 cm³/mol. The van der Waals surface area contributed by atoms with Crippen molar-refractivity contribution in [3.8, 4) is 11.3 Å². The molecule has 0 atom stereocenters. The molecule has 0 bridgehead atoms. The normalized spacial score (nSPS) is 11.7. The van der Waals surface area contributed by atoms with E-state index in [-0.39, 0.29) is 5.92 Å². The molecule has 0 N–H and O–H groups in total. The molecule has 2 aromatic heterocycles. The quantitative estimate of drug-likeness (QED) is 0.402. The summed E-state index contributed by atoms with van der Waals surface area (Å²) in [6, 6.07) is 13.0. The predicted octanol–water partition coefficient (Wildman–Crippen LogP) is 6.20. The fourth-order valence-electron chi connectivity index (χ4n) is 3.85. The van der Waals surface area contributed by atoms with E-state index >= 15 is 0 Å². The van der Waals surface area contributed by atoms with Crippen molar-refractivity contribution < 1.29 is 0 Å². The van der Waals surface area contributed by atoms with Gasteiger partial charge in [-0.3, -0.25) is 4.98 Å².